The maximum Gasteiger partial charge on any atom is 0.266 e. The number of hydrogen-bond acceptors (Lipinski definition) is 9. The number of nitriles is 1. The summed E-state index contributed by atoms with van der Waals surface area (Å²) < 4.78 is 48.4. The summed E-state index contributed by atoms with van der Waals surface area (Å²) in [6.45, 7) is 0. The van der Waals surface area contributed by atoms with Crippen LogP contribution in [0.25, 0.3) is 22.3 Å². The Bertz CT molecular complexity index is 1800. The Morgan fingerprint density at radius 2 is 1.92 bits per heavy atom. The van der Waals surface area contributed by atoms with E-state index in [9.17, 15) is 13.7 Å². The normalized spacial score (nSPS) is 11.2. The number of aromatic nitrogens is 4. The highest BCUT2D eigenvalue weighted by molar-refractivity contribution is 7.93. The quantitative estimate of drug-likeness (QED) is 0.234. The van der Waals surface area contributed by atoms with Crippen LogP contribution in [0, 0.1) is 17.1 Å². The van der Waals surface area contributed by atoms with Crippen LogP contribution in [0.5, 0.6) is 11.5 Å². The Morgan fingerprint density at radius 3 is 2.63 bits per heavy atom. The number of nitrogen functional groups attached to an aromatic ring is 1. The van der Waals surface area contributed by atoms with Crippen molar-refractivity contribution in [3.63, 3.8) is 0 Å². The van der Waals surface area contributed by atoms with E-state index in [4.69, 9.17) is 22.1 Å². The van der Waals surface area contributed by atoms with Gasteiger partial charge in [0.2, 0.25) is 5.13 Å². The summed E-state index contributed by atoms with van der Waals surface area (Å²) in [6, 6.07) is 16.1. The van der Waals surface area contributed by atoms with Gasteiger partial charge in [0.05, 0.1) is 22.9 Å². The number of rotatable bonds is 7. The summed E-state index contributed by atoms with van der Waals surface area (Å²) in [5.41, 5.74) is 10.4. The summed E-state index contributed by atoms with van der Waals surface area (Å²) in [5, 5.41) is 22.8. The molecule has 4 N–H and O–H groups in total. The van der Waals surface area contributed by atoms with E-state index >= 15 is 4.39 Å². The van der Waals surface area contributed by atoms with E-state index in [0.29, 0.717) is 16.7 Å². The maximum absolute atomic E-state index is 15.0. The average molecular weight is 568 g/mol. The number of nitrogens with zero attached hydrogens (tertiary/aromatic N) is 4. The van der Waals surface area contributed by atoms with Crippen molar-refractivity contribution in [2.24, 2.45) is 0 Å². The number of sulfonamides is 1. The molecule has 0 aliphatic heterocycles. The summed E-state index contributed by atoms with van der Waals surface area (Å²) in [4.78, 5) is -0.683. The Hall–Kier alpha value is -4.51. The van der Waals surface area contributed by atoms with Gasteiger partial charge in [0.1, 0.15) is 33.5 Å². The third-order valence-corrected chi connectivity index (χ3v) is 7.73. The first-order valence-corrected chi connectivity index (χ1v) is 13.4. The molecular weight excluding hydrogens is 553 g/mol. The molecule has 14 heteroatoms. The molecule has 0 aliphatic rings. The predicted molar refractivity (Wildman–Crippen MR) is 141 cm³/mol. The Kier molecular flexibility index (Phi) is 6.68. The van der Waals surface area contributed by atoms with E-state index in [1.54, 1.807) is 36.4 Å². The fourth-order valence-electron chi connectivity index (χ4n) is 3.59. The molecule has 5 aromatic rings. The molecule has 0 amide bonds. The monoisotopic (exact) mass is 567 g/mol. The number of halogens is 2. The standard InChI is InChI=1S/C24H15ClFN7O3S2/c25-18-8-22(38(34,35)33-24-32-30-12-37-24)19(26)9-21(18)36-20-5-4-15(14-3-1-2-13(6-14)10-27)7-16(20)17-11-29-31-23(17)28/h1-9,11-12H,(H,32,33)(H3,28,29,31). The van der Waals surface area contributed by atoms with Crippen molar-refractivity contribution in [3.05, 3.63) is 82.7 Å². The van der Waals surface area contributed by atoms with Gasteiger partial charge in [-0.3, -0.25) is 9.82 Å². The zero-order valence-corrected chi connectivity index (χ0v) is 21.4. The fraction of sp³-hybridized carbons (Fsp3) is 0. The van der Waals surface area contributed by atoms with Crippen molar-refractivity contribution < 1.29 is 17.5 Å². The second-order valence-corrected chi connectivity index (χ2v) is 10.7. The van der Waals surface area contributed by atoms with Gasteiger partial charge in [-0.15, -0.1) is 10.2 Å². The lowest BCUT2D eigenvalue weighted by Gasteiger charge is -2.15. The van der Waals surface area contributed by atoms with Gasteiger partial charge in [-0.1, -0.05) is 41.1 Å². The smallest absolute Gasteiger partial charge is 0.266 e. The maximum atomic E-state index is 15.0. The van der Waals surface area contributed by atoms with E-state index in [0.717, 1.165) is 34.6 Å². The Labute approximate surface area is 224 Å². The van der Waals surface area contributed by atoms with E-state index in [1.165, 1.54) is 11.7 Å². The van der Waals surface area contributed by atoms with Gasteiger partial charge in [-0.25, -0.2) is 12.8 Å². The summed E-state index contributed by atoms with van der Waals surface area (Å²) >= 11 is 7.26. The van der Waals surface area contributed by atoms with Crippen LogP contribution in [-0.2, 0) is 10.0 Å². The van der Waals surface area contributed by atoms with Crippen LogP contribution in [0.2, 0.25) is 5.02 Å². The van der Waals surface area contributed by atoms with Crippen LogP contribution in [0.3, 0.4) is 0 Å². The van der Waals surface area contributed by atoms with Crippen molar-refractivity contribution in [2.75, 3.05) is 10.5 Å². The Balaban J connectivity index is 1.54. The van der Waals surface area contributed by atoms with Crippen molar-refractivity contribution in [3.8, 4) is 39.8 Å². The molecule has 0 spiro atoms. The number of H-pyrrole nitrogens is 1. The number of nitrogens with two attached hydrogens (primary N) is 1. The molecule has 38 heavy (non-hydrogen) atoms. The summed E-state index contributed by atoms with van der Waals surface area (Å²) in [6.07, 6.45) is 1.50. The second kappa shape index (κ2) is 10.1. The number of anilines is 2. The molecular formula is C24H15ClFN7O3S2. The Morgan fingerprint density at radius 1 is 1.11 bits per heavy atom. The topological polar surface area (TPSA) is 160 Å². The molecule has 0 fully saturated rings. The van der Waals surface area contributed by atoms with Crippen LogP contribution >= 0.6 is 22.9 Å². The minimum atomic E-state index is -4.33. The molecule has 0 bridgehead atoms. The van der Waals surface area contributed by atoms with Gasteiger partial charge >= 0.3 is 0 Å². The number of hydrogen-bond donors (Lipinski definition) is 3. The molecule has 0 unspecified atom stereocenters. The van der Waals surface area contributed by atoms with Crippen LogP contribution < -0.4 is 15.2 Å². The zero-order chi connectivity index (χ0) is 26.9. The van der Waals surface area contributed by atoms with Crippen molar-refractivity contribution in [2.45, 2.75) is 4.90 Å². The molecule has 0 aliphatic carbocycles. The van der Waals surface area contributed by atoms with Crippen LogP contribution in [0.4, 0.5) is 15.3 Å². The highest BCUT2D eigenvalue weighted by Crippen LogP contribution is 2.41. The minimum absolute atomic E-state index is 0.0245. The lowest BCUT2D eigenvalue weighted by molar-refractivity contribution is 0.475. The predicted octanol–water partition coefficient (Wildman–Crippen LogP) is 5.43. The molecule has 0 saturated carbocycles. The molecule has 5 rings (SSSR count). The largest absolute Gasteiger partial charge is 0.455 e. The van der Waals surface area contributed by atoms with Gasteiger partial charge in [0.15, 0.2) is 0 Å². The molecule has 190 valence electrons. The third-order valence-electron chi connectivity index (χ3n) is 5.34. The molecule has 0 radical (unpaired) electrons. The van der Waals surface area contributed by atoms with Gasteiger partial charge < -0.3 is 10.5 Å². The first kappa shape index (κ1) is 25.2. The lowest BCUT2D eigenvalue weighted by atomic mass is 9.98. The van der Waals surface area contributed by atoms with E-state index < -0.39 is 20.7 Å². The SMILES string of the molecule is N#Cc1cccc(-c2ccc(Oc3cc(F)c(S(=O)(=O)Nc4nncs4)cc3Cl)c(-c3cn[nH]c3N)c2)c1. The second-order valence-electron chi connectivity index (χ2n) is 7.77. The van der Waals surface area contributed by atoms with Crippen LogP contribution in [0.15, 0.2) is 71.2 Å². The van der Waals surface area contributed by atoms with Gasteiger partial charge in [-0.2, -0.15) is 10.4 Å². The van der Waals surface area contributed by atoms with E-state index in [-0.39, 0.29) is 27.5 Å². The average Bonchev–Trinajstić information content (AvgIpc) is 3.57. The molecule has 10 nitrogen and oxygen atoms in total. The first-order valence-electron chi connectivity index (χ1n) is 10.6. The third kappa shape index (κ3) is 5.00. The number of ether oxygens (including phenoxy) is 1. The molecule has 3 aromatic carbocycles. The molecule has 0 saturated heterocycles. The number of nitrogens with one attached hydrogen (secondary N) is 2. The number of benzene rings is 3. The van der Waals surface area contributed by atoms with Gasteiger partial charge in [0.25, 0.3) is 10.0 Å². The van der Waals surface area contributed by atoms with Crippen molar-refractivity contribution in [1.82, 2.24) is 20.4 Å². The van der Waals surface area contributed by atoms with Gasteiger partial charge in [0, 0.05) is 17.2 Å². The molecule has 2 aromatic heterocycles. The van der Waals surface area contributed by atoms with E-state index in [1.807, 2.05) is 6.07 Å². The zero-order valence-electron chi connectivity index (χ0n) is 19.0. The van der Waals surface area contributed by atoms with E-state index in [2.05, 4.69) is 31.2 Å². The highest BCUT2D eigenvalue weighted by Gasteiger charge is 2.24. The van der Waals surface area contributed by atoms with Crippen molar-refractivity contribution >= 4 is 43.9 Å². The summed E-state index contributed by atoms with van der Waals surface area (Å²) in [7, 11) is -4.33. The molecule has 2 heterocycles. The van der Waals surface area contributed by atoms with Crippen LogP contribution in [0.1, 0.15) is 5.56 Å². The lowest BCUT2D eigenvalue weighted by Crippen LogP contribution is -2.14. The first-order chi connectivity index (χ1) is 18.2. The minimum Gasteiger partial charge on any atom is -0.455 e. The molecule has 0 atom stereocenters. The summed E-state index contributed by atoms with van der Waals surface area (Å²) in [5.74, 6) is -0.696. The highest BCUT2D eigenvalue weighted by atomic mass is 35.5. The van der Waals surface area contributed by atoms with Crippen molar-refractivity contribution in [1.29, 1.82) is 5.26 Å². The van der Waals surface area contributed by atoms with Gasteiger partial charge in [-0.05, 0) is 41.5 Å². The fourth-order valence-corrected chi connectivity index (χ4v) is 5.63. The van der Waals surface area contributed by atoms with Crippen LogP contribution in [-0.4, -0.2) is 28.8 Å². The number of aromatic amines is 1.